The minimum atomic E-state index is -3.43. The molecule has 0 atom stereocenters. The zero-order valence-corrected chi connectivity index (χ0v) is 10.3. The zero-order chi connectivity index (χ0) is 10.6. The molecule has 0 radical (unpaired) electrons. The Morgan fingerprint density at radius 3 is 2.36 bits per heavy atom. The van der Waals surface area contributed by atoms with Crippen molar-refractivity contribution in [2.24, 2.45) is 0 Å². The Kier molecular flexibility index (Phi) is 4.16. The van der Waals surface area contributed by atoms with Crippen molar-refractivity contribution in [3.8, 4) is 0 Å². The van der Waals surface area contributed by atoms with E-state index in [1.165, 1.54) is 6.08 Å². The van der Waals surface area contributed by atoms with Crippen LogP contribution in [0.1, 0.15) is 5.56 Å². The molecular weight excluding hydrogens is 288 g/mol. The predicted octanol–water partition coefficient (Wildman–Crippen LogP) is 3.03. The van der Waals surface area contributed by atoms with E-state index in [0.717, 1.165) is 10.0 Å². The summed E-state index contributed by atoms with van der Waals surface area (Å²) in [5, 5.41) is 0. The van der Waals surface area contributed by atoms with E-state index in [1.54, 1.807) is 6.08 Å². The van der Waals surface area contributed by atoms with E-state index < -0.39 is 9.05 Å². The summed E-state index contributed by atoms with van der Waals surface area (Å²) in [7, 11) is 1.61. The number of halogens is 2. The third kappa shape index (κ3) is 4.79. The van der Waals surface area contributed by atoms with Crippen molar-refractivity contribution in [1.82, 2.24) is 0 Å². The Morgan fingerprint density at radius 1 is 1.29 bits per heavy atom. The fourth-order valence-corrected chi connectivity index (χ4v) is 1.68. The lowest BCUT2D eigenvalue weighted by Crippen LogP contribution is -1.91. The van der Waals surface area contributed by atoms with Gasteiger partial charge in [-0.1, -0.05) is 40.2 Å². The van der Waals surface area contributed by atoms with Crippen molar-refractivity contribution >= 4 is 41.7 Å². The van der Waals surface area contributed by atoms with Gasteiger partial charge in [0.05, 0.1) is 5.75 Å². The summed E-state index contributed by atoms with van der Waals surface area (Å²) in [4.78, 5) is 0. The van der Waals surface area contributed by atoms with Crippen molar-refractivity contribution in [3.63, 3.8) is 0 Å². The van der Waals surface area contributed by atoms with Gasteiger partial charge in [0.2, 0.25) is 9.05 Å². The van der Waals surface area contributed by atoms with Crippen molar-refractivity contribution in [1.29, 1.82) is 0 Å². The highest BCUT2D eigenvalue weighted by Crippen LogP contribution is 2.11. The van der Waals surface area contributed by atoms with Gasteiger partial charge in [-0.25, -0.2) is 8.42 Å². The molecular formula is C9H8BrClO2S. The lowest BCUT2D eigenvalue weighted by molar-refractivity contribution is 0.612. The minimum Gasteiger partial charge on any atom is -0.212 e. The van der Waals surface area contributed by atoms with Gasteiger partial charge in [0, 0.05) is 15.2 Å². The van der Waals surface area contributed by atoms with Crippen LogP contribution in [-0.4, -0.2) is 14.2 Å². The van der Waals surface area contributed by atoms with Gasteiger partial charge in [-0.3, -0.25) is 0 Å². The van der Waals surface area contributed by atoms with Gasteiger partial charge in [0.1, 0.15) is 0 Å². The molecule has 0 saturated carbocycles. The molecule has 0 unspecified atom stereocenters. The summed E-state index contributed by atoms with van der Waals surface area (Å²) >= 11 is 3.30. The first-order valence-electron chi connectivity index (χ1n) is 3.82. The molecule has 14 heavy (non-hydrogen) atoms. The van der Waals surface area contributed by atoms with Crippen LogP contribution in [0, 0.1) is 0 Å². The molecule has 0 saturated heterocycles. The number of rotatable bonds is 3. The molecule has 1 aromatic carbocycles. The van der Waals surface area contributed by atoms with E-state index in [0.29, 0.717) is 0 Å². The van der Waals surface area contributed by atoms with E-state index in [9.17, 15) is 8.42 Å². The molecule has 0 aliphatic rings. The number of hydrogen-bond acceptors (Lipinski definition) is 2. The number of benzene rings is 1. The zero-order valence-electron chi connectivity index (χ0n) is 7.15. The van der Waals surface area contributed by atoms with Crippen molar-refractivity contribution in [2.45, 2.75) is 0 Å². The quantitative estimate of drug-likeness (QED) is 0.803. The normalized spacial score (nSPS) is 12.1. The predicted molar refractivity (Wildman–Crippen MR) is 62.8 cm³/mol. The maximum absolute atomic E-state index is 10.6. The third-order valence-electron chi connectivity index (χ3n) is 1.48. The second-order valence-electron chi connectivity index (χ2n) is 2.66. The molecule has 0 bridgehead atoms. The van der Waals surface area contributed by atoms with Crippen LogP contribution < -0.4 is 0 Å². The van der Waals surface area contributed by atoms with E-state index >= 15 is 0 Å². The topological polar surface area (TPSA) is 34.1 Å². The highest BCUT2D eigenvalue weighted by atomic mass is 79.9. The second kappa shape index (κ2) is 4.96. The maximum Gasteiger partial charge on any atom is 0.236 e. The molecule has 0 amide bonds. The first-order valence-corrected chi connectivity index (χ1v) is 7.09. The highest BCUT2D eigenvalue weighted by molar-refractivity contribution is 9.10. The maximum atomic E-state index is 10.6. The van der Waals surface area contributed by atoms with E-state index in [4.69, 9.17) is 10.7 Å². The Bertz CT molecular complexity index is 423. The SMILES string of the molecule is O=S(=O)(Cl)C/C=C/c1ccc(Br)cc1. The fraction of sp³-hybridized carbons (Fsp3) is 0.111. The molecule has 0 aliphatic heterocycles. The van der Waals surface area contributed by atoms with Gasteiger partial charge >= 0.3 is 0 Å². The van der Waals surface area contributed by atoms with E-state index in [1.807, 2.05) is 24.3 Å². The molecule has 0 fully saturated rings. The van der Waals surface area contributed by atoms with E-state index in [2.05, 4.69) is 15.9 Å². The minimum absolute atomic E-state index is 0.148. The van der Waals surface area contributed by atoms with Crippen LogP contribution in [0.2, 0.25) is 0 Å². The van der Waals surface area contributed by atoms with Crippen LogP contribution in [-0.2, 0) is 9.05 Å². The molecule has 0 aromatic heterocycles. The molecule has 0 aliphatic carbocycles. The fourth-order valence-electron chi connectivity index (χ4n) is 0.873. The van der Waals surface area contributed by atoms with Crippen molar-refractivity contribution in [3.05, 3.63) is 40.4 Å². The van der Waals surface area contributed by atoms with Crippen molar-refractivity contribution < 1.29 is 8.42 Å². The summed E-state index contributed by atoms with van der Waals surface area (Å²) in [5.41, 5.74) is 0.938. The van der Waals surface area contributed by atoms with Crippen LogP contribution in [0.3, 0.4) is 0 Å². The molecule has 0 heterocycles. The summed E-state index contributed by atoms with van der Waals surface area (Å²) in [6.07, 6.45) is 3.23. The summed E-state index contributed by atoms with van der Waals surface area (Å²) in [5.74, 6) is -0.148. The summed E-state index contributed by atoms with van der Waals surface area (Å²) < 4.78 is 22.2. The average molecular weight is 296 g/mol. The van der Waals surface area contributed by atoms with Crippen LogP contribution in [0.25, 0.3) is 6.08 Å². The van der Waals surface area contributed by atoms with Crippen LogP contribution in [0.4, 0.5) is 0 Å². The lowest BCUT2D eigenvalue weighted by Gasteiger charge is -1.93. The summed E-state index contributed by atoms with van der Waals surface area (Å²) in [6.45, 7) is 0. The standard InChI is InChI=1S/C9H8BrClO2S/c10-9-5-3-8(4-6-9)2-1-7-14(11,12)13/h1-6H,7H2/b2-1+. The van der Waals surface area contributed by atoms with Crippen LogP contribution in [0.5, 0.6) is 0 Å². The monoisotopic (exact) mass is 294 g/mol. The number of hydrogen-bond donors (Lipinski definition) is 0. The Morgan fingerprint density at radius 2 is 1.86 bits per heavy atom. The first kappa shape index (κ1) is 11.8. The van der Waals surface area contributed by atoms with Gasteiger partial charge in [-0.15, -0.1) is 0 Å². The molecule has 1 aromatic rings. The van der Waals surface area contributed by atoms with Gasteiger partial charge in [0.15, 0.2) is 0 Å². The molecule has 1 rings (SSSR count). The van der Waals surface area contributed by atoms with Gasteiger partial charge < -0.3 is 0 Å². The Balaban J connectivity index is 2.65. The second-order valence-corrected chi connectivity index (χ2v) is 6.40. The van der Waals surface area contributed by atoms with Crippen LogP contribution in [0.15, 0.2) is 34.8 Å². The molecule has 0 N–H and O–H groups in total. The molecule has 0 spiro atoms. The molecule has 76 valence electrons. The Hall–Kier alpha value is -0.320. The first-order chi connectivity index (χ1) is 6.47. The van der Waals surface area contributed by atoms with Gasteiger partial charge in [0.25, 0.3) is 0 Å². The lowest BCUT2D eigenvalue weighted by atomic mass is 10.2. The van der Waals surface area contributed by atoms with Gasteiger partial charge in [-0.2, -0.15) is 0 Å². The average Bonchev–Trinajstić information content (AvgIpc) is 2.06. The largest absolute Gasteiger partial charge is 0.236 e. The Labute approximate surface area is 96.1 Å². The molecule has 2 nitrogen and oxygen atoms in total. The smallest absolute Gasteiger partial charge is 0.212 e. The summed E-state index contributed by atoms with van der Waals surface area (Å²) in [6, 6.07) is 7.52. The van der Waals surface area contributed by atoms with Crippen molar-refractivity contribution in [2.75, 3.05) is 5.75 Å². The highest BCUT2D eigenvalue weighted by Gasteiger charge is 1.99. The van der Waals surface area contributed by atoms with Gasteiger partial charge in [-0.05, 0) is 17.7 Å². The third-order valence-corrected chi connectivity index (χ3v) is 2.97. The van der Waals surface area contributed by atoms with E-state index in [-0.39, 0.29) is 5.75 Å². The molecule has 5 heteroatoms. The van der Waals surface area contributed by atoms with Crippen LogP contribution >= 0.6 is 26.6 Å².